The summed E-state index contributed by atoms with van der Waals surface area (Å²) >= 11 is 0. The van der Waals surface area contributed by atoms with E-state index >= 15 is 0 Å². The van der Waals surface area contributed by atoms with Gasteiger partial charge in [0.2, 0.25) is 0 Å². The minimum absolute atomic E-state index is 0.122. The Bertz CT molecular complexity index is 964. The number of fused-ring (bicyclic) bond motifs is 1. The van der Waals surface area contributed by atoms with Gasteiger partial charge in [0.15, 0.2) is 5.75 Å². The first-order chi connectivity index (χ1) is 9.91. The minimum Gasteiger partial charge on any atom is -0.504 e. The smallest absolute Gasteiger partial charge is 0.331 e. The molecule has 0 spiro atoms. The summed E-state index contributed by atoms with van der Waals surface area (Å²) in [7, 11) is 2.83. The van der Waals surface area contributed by atoms with E-state index in [1.807, 2.05) is 0 Å². The predicted molar refractivity (Wildman–Crippen MR) is 75.8 cm³/mol. The molecule has 6 nitrogen and oxygen atoms in total. The number of aromatic nitrogens is 3. The lowest BCUT2D eigenvalue weighted by molar-refractivity contribution is 0.479. The maximum absolute atomic E-state index is 13.0. The van der Waals surface area contributed by atoms with Crippen LogP contribution in [0.3, 0.4) is 0 Å². The number of aromatic amines is 1. The van der Waals surface area contributed by atoms with Crippen LogP contribution in [-0.4, -0.2) is 19.2 Å². The van der Waals surface area contributed by atoms with Gasteiger partial charge in [-0.15, -0.1) is 0 Å². The third-order valence-electron chi connectivity index (χ3n) is 3.51. The molecule has 0 amide bonds. The van der Waals surface area contributed by atoms with Crippen LogP contribution in [0.15, 0.2) is 33.9 Å². The number of nitrogens with one attached hydrogen (secondary N) is 1. The van der Waals surface area contributed by atoms with Crippen LogP contribution in [0.2, 0.25) is 0 Å². The SMILES string of the molecule is Cn1c(=O)c2[nH]c(-c3ccc(F)cc3)c(O)c2n(C)c1=O. The number of hydrogen-bond acceptors (Lipinski definition) is 3. The van der Waals surface area contributed by atoms with Gasteiger partial charge in [-0.3, -0.25) is 13.9 Å². The molecule has 0 fully saturated rings. The van der Waals surface area contributed by atoms with Crippen molar-refractivity contribution in [3.63, 3.8) is 0 Å². The van der Waals surface area contributed by atoms with Crippen molar-refractivity contribution in [2.75, 3.05) is 0 Å². The highest BCUT2D eigenvalue weighted by molar-refractivity contribution is 5.90. The summed E-state index contributed by atoms with van der Waals surface area (Å²) in [6, 6.07) is 5.44. The minimum atomic E-state index is -0.535. The maximum Gasteiger partial charge on any atom is 0.331 e. The molecule has 0 saturated carbocycles. The molecule has 2 heterocycles. The van der Waals surface area contributed by atoms with E-state index in [2.05, 4.69) is 4.98 Å². The molecule has 3 rings (SSSR count). The molecule has 0 bridgehead atoms. The summed E-state index contributed by atoms with van der Waals surface area (Å²) in [5.74, 6) is -0.619. The van der Waals surface area contributed by atoms with Gasteiger partial charge in [-0.25, -0.2) is 9.18 Å². The molecule has 0 atom stereocenters. The molecule has 0 aliphatic rings. The molecule has 2 aromatic heterocycles. The van der Waals surface area contributed by atoms with Crippen LogP contribution in [0, 0.1) is 5.82 Å². The topological polar surface area (TPSA) is 80.0 Å². The van der Waals surface area contributed by atoms with Gasteiger partial charge < -0.3 is 10.1 Å². The monoisotopic (exact) mass is 289 g/mol. The zero-order valence-electron chi connectivity index (χ0n) is 11.3. The quantitative estimate of drug-likeness (QED) is 0.703. The van der Waals surface area contributed by atoms with Gasteiger partial charge in [-0.05, 0) is 24.3 Å². The lowest BCUT2D eigenvalue weighted by atomic mass is 10.1. The van der Waals surface area contributed by atoms with E-state index in [-0.39, 0.29) is 22.5 Å². The van der Waals surface area contributed by atoms with Crippen LogP contribution in [0.1, 0.15) is 0 Å². The van der Waals surface area contributed by atoms with Gasteiger partial charge in [-0.2, -0.15) is 0 Å². The van der Waals surface area contributed by atoms with Crippen molar-refractivity contribution in [2.24, 2.45) is 14.1 Å². The van der Waals surface area contributed by atoms with Crippen molar-refractivity contribution in [2.45, 2.75) is 0 Å². The van der Waals surface area contributed by atoms with Crippen molar-refractivity contribution < 1.29 is 9.50 Å². The Kier molecular flexibility index (Phi) is 2.72. The summed E-state index contributed by atoms with van der Waals surface area (Å²) in [6.07, 6.45) is 0. The molecule has 0 unspecified atom stereocenters. The molecule has 1 aromatic carbocycles. The molecule has 0 aliphatic carbocycles. The number of H-pyrrole nitrogens is 1. The Morgan fingerprint density at radius 3 is 2.33 bits per heavy atom. The van der Waals surface area contributed by atoms with Gasteiger partial charge in [0.05, 0.1) is 5.69 Å². The number of benzene rings is 1. The first-order valence-electron chi connectivity index (χ1n) is 6.18. The number of aromatic hydroxyl groups is 1. The number of nitrogens with zero attached hydrogens (tertiary/aromatic N) is 2. The normalized spacial score (nSPS) is 11.2. The van der Waals surface area contributed by atoms with Crippen molar-refractivity contribution >= 4 is 11.0 Å². The first-order valence-corrected chi connectivity index (χ1v) is 6.18. The predicted octanol–water partition coefficient (Wildman–Crippen LogP) is 1.08. The number of aryl methyl sites for hydroxylation is 1. The molecule has 0 saturated heterocycles. The standard InChI is InChI=1S/C14H12FN3O3/c1-17-11-10(13(20)18(2)14(17)21)16-9(12(11)19)7-3-5-8(15)6-4-7/h3-6,16,19H,1-2H3. The fraction of sp³-hybridized carbons (Fsp3) is 0.143. The summed E-state index contributed by atoms with van der Waals surface area (Å²) in [5, 5.41) is 10.3. The Balaban J connectivity index is 2.43. The molecule has 7 heteroatoms. The number of rotatable bonds is 1. The highest BCUT2D eigenvalue weighted by Gasteiger charge is 2.19. The van der Waals surface area contributed by atoms with Gasteiger partial charge >= 0.3 is 5.69 Å². The van der Waals surface area contributed by atoms with Gasteiger partial charge in [0, 0.05) is 19.7 Å². The molecule has 21 heavy (non-hydrogen) atoms. The van der Waals surface area contributed by atoms with Crippen LogP contribution in [0.25, 0.3) is 22.3 Å². The van der Waals surface area contributed by atoms with E-state index in [1.165, 1.54) is 42.9 Å². The van der Waals surface area contributed by atoms with E-state index < -0.39 is 17.1 Å². The van der Waals surface area contributed by atoms with Crippen LogP contribution in [0.5, 0.6) is 5.75 Å². The van der Waals surface area contributed by atoms with Gasteiger partial charge in [-0.1, -0.05) is 0 Å². The number of halogens is 1. The van der Waals surface area contributed by atoms with Crippen molar-refractivity contribution in [1.82, 2.24) is 14.1 Å². The Morgan fingerprint density at radius 1 is 1.10 bits per heavy atom. The van der Waals surface area contributed by atoms with E-state index in [4.69, 9.17) is 0 Å². The summed E-state index contributed by atoms with van der Waals surface area (Å²) in [4.78, 5) is 26.8. The van der Waals surface area contributed by atoms with Gasteiger partial charge in [0.25, 0.3) is 5.56 Å². The zero-order chi connectivity index (χ0) is 15.3. The number of hydrogen-bond donors (Lipinski definition) is 2. The van der Waals surface area contributed by atoms with Crippen LogP contribution in [0.4, 0.5) is 4.39 Å². The molecule has 2 N–H and O–H groups in total. The van der Waals surface area contributed by atoms with E-state index in [9.17, 15) is 19.1 Å². The van der Waals surface area contributed by atoms with Crippen LogP contribution < -0.4 is 11.2 Å². The summed E-state index contributed by atoms with van der Waals surface area (Å²) in [6.45, 7) is 0. The molecule has 0 aliphatic heterocycles. The molecular weight excluding hydrogens is 277 g/mol. The summed E-state index contributed by atoms with van der Waals surface area (Å²) in [5.41, 5.74) is -0.0361. The third-order valence-corrected chi connectivity index (χ3v) is 3.51. The highest BCUT2D eigenvalue weighted by atomic mass is 19.1. The fourth-order valence-corrected chi connectivity index (χ4v) is 2.36. The van der Waals surface area contributed by atoms with Crippen molar-refractivity contribution in [1.29, 1.82) is 0 Å². The molecule has 108 valence electrons. The van der Waals surface area contributed by atoms with E-state index in [1.54, 1.807) is 0 Å². The van der Waals surface area contributed by atoms with E-state index in [0.717, 1.165) is 4.57 Å². The Labute approximate surface area is 117 Å². The second kappa shape index (κ2) is 4.34. The summed E-state index contributed by atoms with van der Waals surface area (Å²) < 4.78 is 15.1. The van der Waals surface area contributed by atoms with Crippen LogP contribution in [-0.2, 0) is 14.1 Å². The molecule has 3 aromatic rings. The average molecular weight is 289 g/mol. The fourth-order valence-electron chi connectivity index (χ4n) is 2.36. The highest BCUT2D eigenvalue weighted by Crippen LogP contribution is 2.33. The first kappa shape index (κ1) is 13.2. The largest absolute Gasteiger partial charge is 0.504 e. The van der Waals surface area contributed by atoms with Crippen LogP contribution >= 0.6 is 0 Å². The average Bonchev–Trinajstić information content (AvgIpc) is 2.81. The second-order valence-corrected chi connectivity index (χ2v) is 4.78. The Morgan fingerprint density at radius 2 is 1.71 bits per heavy atom. The van der Waals surface area contributed by atoms with E-state index in [0.29, 0.717) is 5.56 Å². The zero-order valence-corrected chi connectivity index (χ0v) is 11.3. The lowest BCUT2D eigenvalue weighted by Gasteiger charge is -2.03. The molecule has 0 radical (unpaired) electrons. The van der Waals surface area contributed by atoms with Gasteiger partial charge in [0.1, 0.15) is 16.9 Å². The maximum atomic E-state index is 13.0. The molecular formula is C14H12FN3O3. The lowest BCUT2D eigenvalue weighted by Crippen LogP contribution is -2.36. The Hall–Kier alpha value is -2.83. The third kappa shape index (κ3) is 1.78. The van der Waals surface area contributed by atoms with Crippen molar-refractivity contribution in [3.05, 3.63) is 50.9 Å². The van der Waals surface area contributed by atoms with Crippen molar-refractivity contribution in [3.8, 4) is 17.0 Å². The second-order valence-electron chi connectivity index (χ2n) is 4.78.